The lowest BCUT2D eigenvalue weighted by Gasteiger charge is -2.13. The van der Waals surface area contributed by atoms with Crippen molar-refractivity contribution in [2.75, 3.05) is 13.9 Å². The Labute approximate surface area is 225 Å². The lowest BCUT2D eigenvalue weighted by atomic mass is 9.98. The molecule has 0 spiro atoms. The van der Waals surface area contributed by atoms with Gasteiger partial charge >= 0.3 is 5.97 Å². The van der Waals surface area contributed by atoms with E-state index < -0.39 is 11.9 Å². The van der Waals surface area contributed by atoms with Gasteiger partial charge in [-0.05, 0) is 50.1 Å². The first-order chi connectivity index (χ1) is 18.7. The molecule has 0 bridgehead atoms. The van der Waals surface area contributed by atoms with Crippen LogP contribution in [-0.4, -0.2) is 39.7 Å². The normalized spacial score (nSPS) is 12.1. The number of esters is 1. The molecule has 0 saturated carbocycles. The van der Waals surface area contributed by atoms with E-state index in [0.717, 1.165) is 5.56 Å². The van der Waals surface area contributed by atoms with E-state index in [1.54, 1.807) is 23.3 Å². The Morgan fingerprint density at radius 2 is 1.72 bits per heavy atom. The molecule has 10 nitrogen and oxygen atoms in total. The summed E-state index contributed by atoms with van der Waals surface area (Å²) in [6.45, 7) is 4.14. The second kappa shape index (κ2) is 10.2. The van der Waals surface area contributed by atoms with Crippen LogP contribution in [0.4, 0.5) is 0 Å². The third-order valence-electron chi connectivity index (χ3n) is 7.25. The molecule has 39 heavy (non-hydrogen) atoms. The molecule has 1 aliphatic rings. The molecule has 2 aromatic heterocycles. The minimum absolute atomic E-state index is 0.0606. The number of nitrogens with zero attached hydrogens (tertiary/aromatic N) is 3. The number of hydrogen-bond donors (Lipinski definition) is 1. The molecular formula is C29H30N4O6. The SMILES string of the molecule is COC(=O)CCc1c(-c2c(C)n(C)n(-c3ccccc3)c2=O)c(C(N)=O)c(C)n1Cc1ccc2c(c1)OCO2. The quantitative estimate of drug-likeness (QED) is 0.349. The lowest BCUT2D eigenvalue weighted by molar-refractivity contribution is -0.140. The summed E-state index contributed by atoms with van der Waals surface area (Å²) in [4.78, 5) is 39.1. The number of para-hydroxylation sites is 1. The van der Waals surface area contributed by atoms with Gasteiger partial charge in [-0.15, -0.1) is 0 Å². The third kappa shape index (κ3) is 4.47. The molecule has 0 fully saturated rings. The number of hydrogen-bond acceptors (Lipinski definition) is 6. The van der Waals surface area contributed by atoms with E-state index in [9.17, 15) is 14.4 Å². The molecule has 0 atom stereocenters. The highest BCUT2D eigenvalue weighted by molar-refractivity contribution is 6.02. The zero-order valence-corrected chi connectivity index (χ0v) is 22.3. The first-order valence-corrected chi connectivity index (χ1v) is 12.5. The van der Waals surface area contributed by atoms with Crippen LogP contribution in [0.25, 0.3) is 16.8 Å². The minimum Gasteiger partial charge on any atom is -0.469 e. The van der Waals surface area contributed by atoms with Gasteiger partial charge in [0.1, 0.15) is 0 Å². The van der Waals surface area contributed by atoms with Crippen LogP contribution in [0.5, 0.6) is 11.5 Å². The van der Waals surface area contributed by atoms with Gasteiger partial charge in [-0.1, -0.05) is 24.3 Å². The van der Waals surface area contributed by atoms with Gasteiger partial charge in [0.2, 0.25) is 6.79 Å². The number of aromatic nitrogens is 3. The van der Waals surface area contributed by atoms with Crippen LogP contribution in [0.3, 0.4) is 0 Å². The van der Waals surface area contributed by atoms with Crippen LogP contribution < -0.4 is 20.8 Å². The number of methoxy groups -OCH3 is 1. The average molecular weight is 531 g/mol. The van der Waals surface area contributed by atoms with Crippen molar-refractivity contribution < 1.29 is 23.8 Å². The van der Waals surface area contributed by atoms with Crippen LogP contribution in [0.15, 0.2) is 53.3 Å². The van der Waals surface area contributed by atoms with Crippen molar-refractivity contribution in [3.05, 3.63) is 87.1 Å². The Morgan fingerprint density at radius 3 is 2.41 bits per heavy atom. The van der Waals surface area contributed by atoms with Crippen molar-refractivity contribution >= 4 is 11.9 Å². The number of carbonyl (C=O) groups excluding carboxylic acids is 2. The minimum atomic E-state index is -0.653. The Balaban J connectivity index is 1.74. The predicted molar refractivity (Wildman–Crippen MR) is 144 cm³/mol. The highest BCUT2D eigenvalue weighted by Gasteiger charge is 2.30. The first-order valence-electron chi connectivity index (χ1n) is 12.5. The number of carbonyl (C=O) groups is 2. The molecule has 0 saturated heterocycles. The van der Waals surface area contributed by atoms with Crippen molar-refractivity contribution in [2.45, 2.75) is 33.2 Å². The molecule has 1 aliphatic heterocycles. The highest BCUT2D eigenvalue weighted by atomic mass is 16.7. The second-order valence-corrected chi connectivity index (χ2v) is 9.43. The maximum atomic E-state index is 14.0. The van der Waals surface area contributed by atoms with E-state index in [0.29, 0.717) is 51.9 Å². The summed E-state index contributed by atoms with van der Waals surface area (Å²) in [5.74, 6) is 0.240. The van der Waals surface area contributed by atoms with Gasteiger partial charge in [-0.2, -0.15) is 0 Å². The average Bonchev–Trinajstić information content (AvgIpc) is 3.56. The van der Waals surface area contributed by atoms with E-state index >= 15 is 0 Å². The van der Waals surface area contributed by atoms with E-state index in [4.69, 9.17) is 19.9 Å². The summed E-state index contributed by atoms with van der Waals surface area (Å²) in [5.41, 5.74) is 10.2. The Hall–Kier alpha value is -4.73. The summed E-state index contributed by atoms with van der Waals surface area (Å²) in [6.07, 6.45) is 0.296. The Morgan fingerprint density at radius 1 is 1.00 bits per heavy atom. The van der Waals surface area contributed by atoms with Gasteiger partial charge in [0.05, 0.1) is 30.3 Å². The van der Waals surface area contributed by atoms with Crippen molar-refractivity contribution in [1.82, 2.24) is 13.9 Å². The molecule has 0 radical (unpaired) electrons. The van der Waals surface area contributed by atoms with Gasteiger partial charge in [0.25, 0.3) is 11.5 Å². The molecule has 2 N–H and O–H groups in total. The number of ether oxygens (including phenoxy) is 3. The molecule has 3 heterocycles. The maximum Gasteiger partial charge on any atom is 0.305 e. The standard InChI is InChI=1S/C29H30N4O6/c1-17-26(29(36)33(31(17)3)20-8-6-5-7-9-20)27-21(11-13-24(34)37-4)32(18(2)25(27)28(30)35)15-19-10-12-22-23(14-19)39-16-38-22/h5-10,12,14H,11,13,15-16H2,1-4H3,(H2,30,35). The maximum absolute atomic E-state index is 14.0. The molecular weight excluding hydrogens is 500 g/mol. The molecule has 10 heteroatoms. The zero-order valence-electron chi connectivity index (χ0n) is 22.3. The second-order valence-electron chi connectivity index (χ2n) is 9.43. The first kappa shape index (κ1) is 25.9. The smallest absolute Gasteiger partial charge is 0.305 e. The Kier molecular flexibility index (Phi) is 6.78. The molecule has 0 unspecified atom stereocenters. The summed E-state index contributed by atoms with van der Waals surface area (Å²) in [5, 5.41) is 0. The fourth-order valence-electron chi connectivity index (χ4n) is 5.24. The van der Waals surface area contributed by atoms with E-state index in [-0.39, 0.29) is 30.8 Å². The number of rotatable bonds is 8. The number of benzene rings is 2. The fourth-order valence-corrected chi connectivity index (χ4v) is 5.24. The Bertz CT molecular complexity index is 1640. The number of amides is 1. The fraction of sp³-hybridized carbons (Fsp3) is 0.276. The van der Waals surface area contributed by atoms with Crippen molar-refractivity contribution in [1.29, 1.82) is 0 Å². The van der Waals surface area contributed by atoms with Gasteiger partial charge in [0, 0.05) is 36.2 Å². The lowest BCUT2D eigenvalue weighted by Crippen LogP contribution is -2.21. The van der Waals surface area contributed by atoms with Gasteiger partial charge in [0.15, 0.2) is 11.5 Å². The van der Waals surface area contributed by atoms with E-state index in [1.807, 2.05) is 60.0 Å². The van der Waals surface area contributed by atoms with Gasteiger partial charge < -0.3 is 24.5 Å². The van der Waals surface area contributed by atoms with Crippen LogP contribution in [-0.2, 0) is 29.5 Å². The van der Waals surface area contributed by atoms with E-state index in [2.05, 4.69) is 0 Å². The monoisotopic (exact) mass is 530 g/mol. The molecule has 4 aromatic rings. The van der Waals surface area contributed by atoms with Crippen LogP contribution in [0.1, 0.15) is 39.4 Å². The van der Waals surface area contributed by atoms with E-state index in [1.165, 1.54) is 7.11 Å². The number of fused-ring (bicyclic) bond motifs is 1. The topological polar surface area (TPSA) is 120 Å². The molecule has 2 aromatic carbocycles. The summed E-state index contributed by atoms with van der Waals surface area (Å²) in [6, 6.07) is 14.9. The molecule has 5 rings (SSSR count). The van der Waals surface area contributed by atoms with Gasteiger partial charge in [-0.25, -0.2) is 4.68 Å². The highest BCUT2D eigenvalue weighted by Crippen LogP contribution is 2.37. The molecule has 1 amide bonds. The van der Waals surface area contributed by atoms with Crippen molar-refractivity contribution in [3.63, 3.8) is 0 Å². The largest absolute Gasteiger partial charge is 0.469 e. The number of primary amides is 1. The van der Waals surface area contributed by atoms with Crippen molar-refractivity contribution in [2.24, 2.45) is 12.8 Å². The summed E-state index contributed by atoms with van der Waals surface area (Å²) in [7, 11) is 3.12. The van der Waals surface area contributed by atoms with Crippen LogP contribution in [0, 0.1) is 13.8 Å². The predicted octanol–water partition coefficient (Wildman–Crippen LogP) is 3.24. The van der Waals surface area contributed by atoms with Crippen LogP contribution >= 0.6 is 0 Å². The zero-order chi connectivity index (χ0) is 27.8. The van der Waals surface area contributed by atoms with Crippen molar-refractivity contribution in [3.8, 4) is 28.3 Å². The molecule has 202 valence electrons. The number of nitrogens with two attached hydrogens (primary N) is 1. The third-order valence-corrected chi connectivity index (χ3v) is 7.25. The van der Waals surface area contributed by atoms with Gasteiger partial charge in [-0.3, -0.25) is 19.1 Å². The van der Waals surface area contributed by atoms with Crippen LogP contribution in [0.2, 0.25) is 0 Å². The molecule has 0 aliphatic carbocycles. The summed E-state index contributed by atoms with van der Waals surface area (Å²) >= 11 is 0. The summed E-state index contributed by atoms with van der Waals surface area (Å²) < 4.78 is 21.1.